The second-order valence-corrected chi connectivity index (χ2v) is 11.4. The first-order valence-electron chi connectivity index (χ1n) is 10.9. The molecular formula is C24H27FN2O3S. The zero-order valence-corrected chi connectivity index (χ0v) is 18.3. The molecule has 2 N–H and O–H groups in total. The molecule has 0 aliphatic heterocycles. The van der Waals surface area contributed by atoms with E-state index in [4.69, 9.17) is 0 Å². The number of halogens is 1. The molecule has 7 heteroatoms. The smallest absolute Gasteiger partial charge is 0.261 e. The van der Waals surface area contributed by atoms with Crippen molar-refractivity contribution in [3.05, 3.63) is 59.4 Å². The predicted octanol–water partition coefficient (Wildman–Crippen LogP) is 4.63. The SMILES string of the molecule is Cc1cc(S(=O)(=O)Nc2ccc(C(=O)NC34CC5CC(CC(C5)C3)C4)cc2)ccc1F. The van der Waals surface area contributed by atoms with Crippen LogP contribution < -0.4 is 10.0 Å². The number of nitrogens with one attached hydrogen (secondary N) is 2. The van der Waals surface area contributed by atoms with E-state index in [2.05, 4.69) is 10.0 Å². The Morgan fingerprint density at radius 1 is 0.968 bits per heavy atom. The van der Waals surface area contributed by atoms with Gasteiger partial charge in [0.05, 0.1) is 4.90 Å². The summed E-state index contributed by atoms with van der Waals surface area (Å²) in [6, 6.07) is 10.1. The highest BCUT2D eigenvalue weighted by Gasteiger charge is 2.51. The van der Waals surface area contributed by atoms with Crippen LogP contribution >= 0.6 is 0 Å². The summed E-state index contributed by atoms with van der Waals surface area (Å²) in [5.74, 6) is 1.70. The average Bonchev–Trinajstić information content (AvgIpc) is 2.69. The summed E-state index contributed by atoms with van der Waals surface area (Å²) >= 11 is 0. The molecule has 6 rings (SSSR count). The lowest BCUT2D eigenvalue weighted by molar-refractivity contribution is -0.0167. The standard InChI is InChI=1S/C24H27FN2O3S/c1-15-8-21(6-7-22(15)25)31(29,30)27-20-4-2-19(3-5-20)23(28)26-24-12-16-9-17(13-24)11-18(10-16)14-24/h2-8,16-18,27H,9-14H2,1H3,(H,26,28). The highest BCUT2D eigenvalue weighted by atomic mass is 32.2. The summed E-state index contributed by atoms with van der Waals surface area (Å²) in [5.41, 5.74) is 1.08. The lowest BCUT2D eigenvalue weighted by Gasteiger charge is -2.56. The Kier molecular flexibility index (Phi) is 4.84. The molecule has 4 fully saturated rings. The number of carbonyl (C=O) groups is 1. The topological polar surface area (TPSA) is 75.3 Å². The Labute approximate surface area is 182 Å². The minimum atomic E-state index is -3.84. The van der Waals surface area contributed by atoms with Gasteiger partial charge in [-0.2, -0.15) is 0 Å². The zero-order chi connectivity index (χ0) is 21.8. The summed E-state index contributed by atoms with van der Waals surface area (Å²) in [6.07, 6.45) is 7.20. The van der Waals surface area contributed by atoms with Gasteiger partial charge in [0.25, 0.3) is 15.9 Å². The van der Waals surface area contributed by atoms with Gasteiger partial charge < -0.3 is 5.32 Å². The molecule has 31 heavy (non-hydrogen) atoms. The van der Waals surface area contributed by atoms with Crippen molar-refractivity contribution in [1.29, 1.82) is 0 Å². The maximum atomic E-state index is 13.5. The molecule has 1 amide bonds. The minimum absolute atomic E-state index is 0.00460. The van der Waals surface area contributed by atoms with E-state index in [9.17, 15) is 17.6 Å². The van der Waals surface area contributed by atoms with Crippen molar-refractivity contribution in [2.45, 2.75) is 55.9 Å². The molecular weight excluding hydrogens is 415 g/mol. The van der Waals surface area contributed by atoms with Crippen LogP contribution in [0.4, 0.5) is 10.1 Å². The number of rotatable bonds is 5. The monoisotopic (exact) mass is 442 g/mol. The largest absolute Gasteiger partial charge is 0.347 e. The third kappa shape index (κ3) is 3.95. The predicted molar refractivity (Wildman–Crippen MR) is 117 cm³/mol. The zero-order valence-electron chi connectivity index (χ0n) is 17.5. The van der Waals surface area contributed by atoms with E-state index >= 15 is 0 Å². The second kappa shape index (κ2) is 7.33. The van der Waals surface area contributed by atoms with Crippen LogP contribution in [0.1, 0.15) is 54.4 Å². The molecule has 5 nitrogen and oxygen atoms in total. The maximum Gasteiger partial charge on any atom is 0.261 e. The van der Waals surface area contributed by atoms with E-state index < -0.39 is 15.8 Å². The van der Waals surface area contributed by atoms with E-state index in [1.807, 2.05) is 0 Å². The van der Waals surface area contributed by atoms with Crippen molar-refractivity contribution < 1.29 is 17.6 Å². The molecule has 4 aliphatic carbocycles. The highest BCUT2D eigenvalue weighted by Crippen LogP contribution is 2.55. The molecule has 4 saturated carbocycles. The molecule has 0 radical (unpaired) electrons. The first-order chi connectivity index (χ1) is 14.7. The van der Waals surface area contributed by atoms with Gasteiger partial charge in [0.15, 0.2) is 0 Å². The number of amides is 1. The molecule has 0 aromatic heterocycles. The number of anilines is 1. The highest BCUT2D eigenvalue weighted by molar-refractivity contribution is 7.92. The fourth-order valence-electron chi connectivity index (χ4n) is 6.26. The number of carbonyl (C=O) groups excluding carboxylic acids is 1. The van der Waals surface area contributed by atoms with Crippen LogP contribution in [0.5, 0.6) is 0 Å². The number of aryl methyl sites for hydroxylation is 1. The van der Waals surface area contributed by atoms with Gasteiger partial charge in [-0.05, 0) is 111 Å². The Hall–Kier alpha value is -2.41. The van der Waals surface area contributed by atoms with Gasteiger partial charge >= 0.3 is 0 Å². The first-order valence-corrected chi connectivity index (χ1v) is 12.4. The number of hydrogen-bond acceptors (Lipinski definition) is 3. The molecule has 2 aromatic rings. The summed E-state index contributed by atoms with van der Waals surface area (Å²) < 4.78 is 41.1. The third-order valence-corrected chi connectivity index (χ3v) is 8.63. The second-order valence-electron chi connectivity index (χ2n) is 9.75. The maximum absolute atomic E-state index is 13.5. The molecule has 4 aliphatic rings. The van der Waals surface area contributed by atoms with Gasteiger partial charge in [-0.3, -0.25) is 9.52 Å². The molecule has 2 aromatic carbocycles. The van der Waals surface area contributed by atoms with Crippen LogP contribution in [0.2, 0.25) is 0 Å². The summed E-state index contributed by atoms with van der Waals surface area (Å²) in [4.78, 5) is 12.9. The van der Waals surface area contributed by atoms with Crippen LogP contribution in [0, 0.1) is 30.5 Å². The molecule has 0 atom stereocenters. The molecule has 4 bridgehead atoms. The van der Waals surface area contributed by atoms with Crippen LogP contribution in [-0.2, 0) is 10.0 Å². The lowest BCUT2D eigenvalue weighted by atomic mass is 9.53. The van der Waals surface area contributed by atoms with Gasteiger partial charge in [-0.15, -0.1) is 0 Å². The van der Waals surface area contributed by atoms with Crippen molar-refractivity contribution in [1.82, 2.24) is 5.32 Å². The van der Waals surface area contributed by atoms with E-state index in [0.29, 0.717) is 11.3 Å². The molecule has 0 heterocycles. The van der Waals surface area contributed by atoms with Crippen LogP contribution in [-0.4, -0.2) is 19.9 Å². The summed E-state index contributed by atoms with van der Waals surface area (Å²) in [6.45, 7) is 1.52. The Morgan fingerprint density at radius 3 is 2.10 bits per heavy atom. The fraction of sp³-hybridized carbons (Fsp3) is 0.458. The van der Waals surface area contributed by atoms with Gasteiger partial charge in [-0.1, -0.05) is 0 Å². The van der Waals surface area contributed by atoms with E-state index in [-0.39, 0.29) is 21.9 Å². The third-order valence-electron chi connectivity index (χ3n) is 7.26. The van der Waals surface area contributed by atoms with Gasteiger partial charge in [-0.25, -0.2) is 12.8 Å². The Bertz CT molecular complexity index is 1090. The van der Waals surface area contributed by atoms with Crippen LogP contribution in [0.15, 0.2) is 47.4 Å². The summed E-state index contributed by atoms with van der Waals surface area (Å²) in [5, 5.41) is 3.33. The van der Waals surface area contributed by atoms with E-state index in [0.717, 1.165) is 43.1 Å². The normalized spacial score (nSPS) is 29.0. The van der Waals surface area contributed by atoms with Crippen LogP contribution in [0.3, 0.4) is 0 Å². The van der Waals surface area contributed by atoms with Gasteiger partial charge in [0, 0.05) is 16.8 Å². The van der Waals surface area contributed by atoms with Crippen molar-refractivity contribution in [3.63, 3.8) is 0 Å². The van der Waals surface area contributed by atoms with Gasteiger partial charge in [0.1, 0.15) is 5.82 Å². The van der Waals surface area contributed by atoms with Crippen molar-refractivity contribution in [3.8, 4) is 0 Å². The van der Waals surface area contributed by atoms with Crippen molar-refractivity contribution in [2.75, 3.05) is 4.72 Å². The molecule has 164 valence electrons. The van der Waals surface area contributed by atoms with E-state index in [1.54, 1.807) is 24.3 Å². The quantitative estimate of drug-likeness (QED) is 0.709. The minimum Gasteiger partial charge on any atom is -0.347 e. The van der Waals surface area contributed by atoms with Crippen molar-refractivity contribution in [2.24, 2.45) is 17.8 Å². The Morgan fingerprint density at radius 2 is 1.55 bits per heavy atom. The number of sulfonamides is 1. The average molecular weight is 443 g/mol. The molecule has 0 unspecified atom stereocenters. The van der Waals surface area contributed by atoms with E-state index in [1.165, 1.54) is 38.3 Å². The first kappa shape index (κ1) is 20.5. The Balaban J connectivity index is 1.28. The molecule has 0 spiro atoms. The van der Waals surface area contributed by atoms with Crippen LogP contribution in [0.25, 0.3) is 0 Å². The van der Waals surface area contributed by atoms with Crippen molar-refractivity contribution >= 4 is 21.6 Å². The van der Waals surface area contributed by atoms with Gasteiger partial charge in [0.2, 0.25) is 0 Å². The molecule has 0 saturated heterocycles. The summed E-state index contributed by atoms with van der Waals surface area (Å²) in [7, 11) is -3.84. The number of benzene rings is 2. The number of hydrogen-bond donors (Lipinski definition) is 2. The lowest BCUT2D eigenvalue weighted by Crippen LogP contribution is -2.59. The fourth-order valence-corrected chi connectivity index (χ4v) is 7.41.